The molecular formula is C25H36IN3O2. The van der Waals surface area contributed by atoms with E-state index in [1.165, 1.54) is 35.2 Å². The molecule has 31 heavy (non-hydrogen) atoms. The molecule has 0 N–H and O–H groups in total. The number of pyridine rings is 1. The molecule has 0 amide bonds. The first-order valence-corrected chi connectivity index (χ1v) is 11.1. The zero-order valence-electron chi connectivity index (χ0n) is 19.5. The zero-order valence-corrected chi connectivity index (χ0v) is 21.7. The molecule has 0 atom stereocenters. The van der Waals surface area contributed by atoms with Crippen molar-refractivity contribution in [2.24, 2.45) is 0 Å². The minimum atomic E-state index is -0.291. The molecule has 0 aliphatic heterocycles. The molecular weight excluding hydrogens is 501 g/mol. The van der Waals surface area contributed by atoms with Gasteiger partial charge in [-0.2, -0.15) is 0 Å². The smallest absolute Gasteiger partial charge is 0.502 e. The van der Waals surface area contributed by atoms with Crippen LogP contribution in [0.3, 0.4) is 0 Å². The van der Waals surface area contributed by atoms with Crippen LogP contribution in [0.2, 0.25) is 0 Å². The number of nitro groups is 1. The minimum absolute atomic E-state index is 0. The maximum Gasteiger partial charge on any atom is 0.502 e. The highest BCUT2D eigenvalue weighted by Gasteiger charge is 2.21. The number of nitrogens with zero attached hydrogens (tertiary/aromatic N) is 3. The summed E-state index contributed by atoms with van der Waals surface area (Å²) in [6, 6.07) is 8.06. The van der Waals surface area contributed by atoms with E-state index >= 15 is 0 Å². The Kier molecular flexibility index (Phi) is 11.7. The third-order valence-electron chi connectivity index (χ3n) is 5.54. The van der Waals surface area contributed by atoms with Gasteiger partial charge in [-0.25, -0.2) is 0 Å². The second-order valence-corrected chi connectivity index (χ2v) is 8.08. The van der Waals surface area contributed by atoms with E-state index in [2.05, 4.69) is 57.9 Å². The van der Waals surface area contributed by atoms with Gasteiger partial charge in [-0.1, -0.05) is 38.8 Å². The number of halogens is 1. The summed E-state index contributed by atoms with van der Waals surface area (Å²) in [4.78, 5) is 13.5. The fraction of sp³-hybridized carbons (Fsp3) is 0.480. The van der Waals surface area contributed by atoms with Gasteiger partial charge in [-0.15, -0.1) is 4.57 Å². The number of rotatable bonds is 11. The molecule has 1 aromatic carbocycles. The second-order valence-electron chi connectivity index (χ2n) is 8.08. The van der Waals surface area contributed by atoms with E-state index in [4.69, 9.17) is 0 Å². The molecule has 170 valence electrons. The van der Waals surface area contributed by atoms with Gasteiger partial charge in [0.05, 0.1) is 6.07 Å². The molecule has 1 aromatic heterocycles. The number of hydrogen-bond acceptors (Lipinski definition) is 3. The lowest BCUT2D eigenvalue weighted by molar-refractivity contribution is -0.736. The maximum atomic E-state index is 11.5. The van der Waals surface area contributed by atoms with E-state index in [0.717, 1.165) is 31.4 Å². The Morgan fingerprint density at radius 3 is 2.26 bits per heavy atom. The molecule has 0 saturated carbocycles. The van der Waals surface area contributed by atoms with E-state index in [9.17, 15) is 10.1 Å². The van der Waals surface area contributed by atoms with Gasteiger partial charge >= 0.3 is 5.82 Å². The van der Waals surface area contributed by atoms with E-state index in [1.54, 1.807) is 10.6 Å². The summed E-state index contributed by atoms with van der Waals surface area (Å²) in [6.45, 7) is 10.3. The van der Waals surface area contributed by atoms with Crippen LogP contribution >= 0.6 is 0 Å². The SMILES string of the molecule is CCCCC[n+]1ccc(C=Cc2c(C)cc(N(C)CCCC)cc2C)cc1[N+](=O)[O-].[I-]. The molecule has 6 heteroatoms. The molecule has 2 aromatic rings. The van der Waals surface area contributed by atoms with E-state index < -0.39 is 0 Å². The summed E-state index contributed by atoms with van der Waals surface area (Å²) in [7, 11) is 2.14. The van der Waals surface area contributed by atoms with Crippen LogP contribution in [0.25, 0.3) is 12.2 Å². The first-order chi connectivity index (χ1) is 14.4. The fourth-order valence-electron chi connectivity index (χ4n) is 3.65. The Hall–Kier alpha value is -1.96. The van der Waals surface area contributed by atoms with Gasteiger partial charge < -0.3 is 28.9 Å². The van der Waals surface area contributed by atoms with Gasteiger partial charge in [0.15, 0.2) is 12.7 Å². The van der Waals surface area contributed by atoms with Crippen LogP contribution in [-0.4, -0.2) is 18.5 Å². The summed E-state index contributed by atoms with van der Waals surface area (Å²) in [5.74, 6) is 0.148. The van der Waals surface area contributed by atoms with Crippen molar-refractivity contribution in [2.75, 3.05) is 18.5 Å². The molecule has 1 heterocycles. The molecule has 0 fully saturated rings. The summed E-state index contributed by atoms with van der Waals surface area (Å²) < 4.78 is 1.74. The predicted octanol–water partition coefficient (Wildman–Crippen LogP) is 3.10. The van der Waals surface area contributed by atoms with Crippen molar-refractivity contribution in [3.63, 3.8) is 0 Å². The Morgan fingerprint density at radius 2 is 1.68 bits per heavy atom. The van der Waals surface area contributed by atoms with Gasteiger partial charge in [-0.3, -0.25) is 10.1 Å². The Balaban J connectivity index is 0.00000480. The lowest BCUT2D eigenvalue weighted by Gasteiger charge is -2.21. The first-order valence-electron chi connectivity index (χ1n) is 11.1. The molecule has 0 bridgehead atoms. The van der Waals surface area contributed by atoms with Crippen LogP contribution in [0.15, 0.2) is 30.5 Å². The van der Waals surface area contributed by atoms with Crippen molar-refractivity contribution in [3.8, 4) is 0 Å². The minimum Gasteiger partial charge on any atom is -1.00 e. The van der Waals surface area contributed by atoms with Crippen LogP contribution in [0.5, 0.6) is 0 Å². The second kappa shape index (κ2) is 13.5. The van der Waals surface area contributed by atoms with E-state index in [-0.39, 0.29) is 34.7 Å². The normalized spacial score (nSPS) is 10.9. The van der Waals surface area contributed by atoms with Crippen molar-refractivity contribution < 1.29 is 33.5 Å². The molecule has 0 radical (unpaired) electrons. The summed E-state index contributed by atoms with van der Waals surface area (Å²) in [6.07, 6.45) is 11.4. The molecule has 0 aliphatic rings. The van der Waals surface area contributed by atoms with Crippen molar-refractivity contribution >= 4 is 23.7 Å². The third kappa shape index (κ3) is 7.91. The average Bonchev–Trinajstić information content (AvgIpc) is 2.71. The van der Waals surface area contributed by atoms with Crippen molar-refractivity contribution in [2.45, 2.75) is 66.3 Å². The number of unbranched alkanes of at least 4 members (excludes halogenated alkanes) is 3. The molecule has 0 aliphatic carbocycles. The van der Waals surface area contributed by atoms with Crippen LogP contribution < -0.4 is 33.4 Å². The monoisotopic (exact) mass is 537 g/mol. The molecule has 0 spiro atoms. The van der Waals surface area contributed by atoms with E-state index in [0.29, 0.717) is 6.54 Å². The van der Waals surface area contributed by atoms with Gasteiger partial charge in [0, 0.05) is 31.8 Å². The summed E-state index contributed by atoms with van der Waals surface area (Å²) in [5, 5.41) is 11.5. The predicted molar refractivity (Wildman–Crippen MR) is 126 cm³/mol. The number of hydrogen-bond donors (Lipinski definition) is 0. The highest BCUT2D eigenvalue weighted by Crippen LogP contribution is 2.25. The standard InChI is InChI=1S/C25H36N3O2.HI/c1-6-8-10-15-27-16-13-22(19-25(27)28(29)30)11-12-24-20(3)17-23(18-21(24)4)26(5)14-9-7-2;/h11-13,16-19H,6-10,14-15H2,1-5H3;1H/q+1;/p-1. The van der Waals surface area contributed by atoms with Crippen LogP contribution in [0.1, 0.15) is 68.2 Å². The van der Waals surface area contributed by atoms with Crippen LogP contribution in [0, 0.1) is 24.0 Å². The highest BCUT2D eigenvalue weighted by molar-refractivity contribution is 5.74. The largest absolute Gasteiger partial charge is 1.00 e. The number of benzene rings is 1. The van der Waals surface area contributed by atoms with Crippen molar-refractivity contribution in [3.05, 3.63) is 62.8 Å². The maximum absolute atomic E-state index is 11.5. The third-order valence-corrected chi connectivity index (χ3v) is 5.54. The molecule has 0 unspecified atom stereocenters. The number of anilines is 1. The number of aryl methyl sites for hydroxylation is 3. The van der Waals surface area contributed by atoms with Gasteiger partial charge in [0.1, 0.15) is 4.92 Å². The average molecular weight is 537 g/mol. The summed E-state index contributed by atoms with van der Waals surface area (Å²) >= 11 is 0. The first kappa shape index (κ1) is 27.1. The Labute approximate surface area is 204 Å². The number of aromatic nitrogens is 1. The van der Waals surface area contributed by atoms with Gasteiger partial charge in [0.25, 0.3) is 0 Å². The zero-order chi connectivity index (χ0) is 22.1. The fourth-order valence-corrected chi connectivity index (χ4v) is 3.65. The van der Waals surface area contributed by atoms with Crippen LogP contribution in [0.4, 0.5) is 11.5 Å². The van der Waals surface area contributed by atoms with Crippen LogP contribution in [-0.2, 0) is 6.54 Å². The van der Waals surface area contributed by atoms with Gasteiger partial charge in [-0.05, 0) is 61.1 Å². The van der Waals surface area contributed by atoms with Gasteiger partial charge in [0.2, 0.25) is 0 Å². The topological polar surface area (TPSA) is 50.3 Å². The Bertz CT molecular complexity index is 873. The quantitative estimate of drug-likeness (QED) is 0.146. The lowest BCUT2D eigenvalue weighted by atomic mass is 10.00. The van der Waals surface area contributed by atoms with Crippen molar-refractivity contribution in [1.29, 1.82) is 0 Å². The van der Waals surface area contributed by atoms with E-state index in [1.807, 2.05) is 18.3 Å². The van der Waals surface area contributed by atoms with Crippen molar-refractivity contribution in [1.82, 2.24) is 0 Å². The molecule has 0 saturated heterocycles. The lowest BCUT2D eigenvalue weighted by Crippen LogP contribution is -3.00. The molecule has 5 nitrogen and oxygen atoms in total. The Morgan fingerprint density at radius 1 is 1.03 bits per heavy atom. The molecule has 2 rings (SSSR count). The summed E-state index contributed by atoms with van der Waals surface area (Å²) in [5.41, 5.74) is 5.68. The highest BCUT2D eigenvalue weighted by atomic mass is 127.